The van der Waals surface area contributed by atoms with Gasteiger partial charge >= 0.3 is 6.18 Å². The first kappa shape index (κ1) is 23.9. The number of likely N-dealkylation sites (tertiary alicyclic amines) is 1. The van der Waals surface area contributed by atoms with Crippen molar-refractivity contribution >= 4 is 32.9 Å². The maximum absolute atomic E-state index is 13.0. The second kappa shape index (κ2) is 9.19. The number of nitrogens with one attached hydrogen (secondary N) is 1. The van der Waals surface area contributed by atoms with Gasteiger partial charge in [-0.25, -0.2) is 8.42 Å². The number of carbonyl (C=O) groups is 2. The lowest BCUT2D eigenvalue weighted by molar-refractivity contribution is -0.137. The average Bonchev–Trinajstić information content (AvgIpc) is 3.29. The van der Waals surface area contributed by atoms with E-state index < -0.39 is 21.8 Å². The van der Waals surface area contributed by atoms with Crippen LogP contribution >= 0.6 is 0 Å². The lowest BCUT2D eigenvalue weighted by atomic mass is 9.95. The predicted molar refractivity (Wildman–Crippen MR) is 120 cm³/mol. The van der Waals surface area contributed by atoms with Crippen LogP contribution < -0.4 is 4.72 Å². The van der Waals surface area contributed by atoms with Gasteiger partial charge in [-0.15, -0.1) is 0 Å². The molecule has 1 heterocycles. The van der Waals surface area contributed by atoms with Crippen LogP contribution in [0.25, 0.3) is 5.57 Å². The Kier molecular flexibility index (Phi) is 6.46. The summed E-state index contributed by atoms with van der Waals surface area (Å²) in [6, 6.07) is 8.02. The van der Waals surface area contributed by atoms with Crippen molar-refractivity contribution in [3.8, 4) is 0 Å². The Labute approximate surface area is 194 Å². The Hall–Kier alpha value is -3.24. The highest BCUT2D eigenvalue weighted by Crippen LogP contribution is 2.31. The van der Waals surface area contributed by atoms with Crippen LogP contribution in [-0.2, 0) is 32.3 Å². The number of anilines is 1. The number of ketones is 2. The van der Waals surface area contributed by atoms with E-state index in [4.69, 9.17) is 0 Å². The molecular weight excluding hydrogens is 469 g/mol. The number of halogens is 3. The van der Waals surface area contributed by atoms with Crippen LogP contribution in [0.4, 0.5) is 18.9 Å². The van der Waals surface area contributed by atoms with E-state index >= 15 is 0 Å². The Balaban J connectivity index is 1.70. The number of carbonyl (C=O) groups excluding carboxylic acids is 2. The summed E-state index contributed by atoms with van der Waals surface area (Å²) in [7, 11) is -4.22. The summed E-state index contributed by atoms with van der Waals surface area (Å²) in [5.74, 6) is -0.744. The van der Waals surface area contributed by atoms with Crippen LogP contribution in [0.5, 0.6) is 0 Å². The minimum absolute atomic E-state index is 0.134. The summed E-state index contributed by atoms with van der Waals surface area (Å²) in [5, 5.41) is 0. The van der Waals surface area contributed by atoms with Crippen molar-refractivity contribution in [2.24, 2.45) is 0 Å². The quantitative estimate of drug-likeness (QED) is 0.614. The van der Waals surface area contributed by atoms with Crippen LogP contribution in [0.2, 0.25) is 0 Å². The summed E-state index contributed by atoms with van der Waals surface area (Å²) in [6.07, 6.45) is 0.968. The third kappa shape index (κ3) is 5.28. The van der Waals surface area contributed by atoms with Gasteiger partial charge < -0.3 is 0 Å². The maximum atomic E-state index is 13.0. The number of hydrogen-bond donors (Lipinski definition) is 1. The molecule has 0 aromatic heterocycles. The molecule has 0 spiro atoms. The van der Waals surface area contributed by atoms with E-state index in [0.717, 1.165) is 50.2 Å². The Morgan fingerprint density at radius 1 is 0.941 bits per heavy atom. The van der Waals surface area contributed by atoms with Crippen LogP contribution in [0, 0.1) is 0 Å². The normalized spacial score (nSPS) is 17.2. The van der Waals surface area contributed by atoms with Gasteiger partial charge in [0.2, 0.25) is 0 Å². The van der Waals surface area contributed by atoms with Gasteiger partial charge in [0, 0.05) is 12.1 Å². The first-order valence-corrected chi connectivity index (χ1v) is 12.0. The number of allylic oxidation sites excluding steroid dienone is 4. The van der Waals surface area contributed by atoms with E-state index in [0.29, 0.717) is 29.8 Å². The van der Waals surface area contributed by atoms with Crippen LogP contribution in [0.1, 0.15) is 29.5 Å². The SMILES string of the molecule is O=C1C=CC(=O)C(c2ccc(CN3CCCC3)c(NS(=O)(=O)c3ccc(C(F)(F)F)cc3)c2)=C1. The van der Waals surface area contributed by atoms with E-state index in [1.807, 2.05) is 0 Å². The minimum atomic E-state index is -4.58. The summed E-state index contributed by atoms with van der Waals surface area (Å²) < 4.78 is 67.0. The predicted octanol–water partition coefficient (Wildman–Crippen LogP) is 4.19. The lowest BCUT2D eigenvalue weighted by Crippen LogP contribution is -2.21. The molecule has 0 radical (unpaired) electrons. The summed E-state index contributed by atoms with van der Waals surface area (Å²) >= 11 is 0. The fourth-order valence-electron chi connectivity index (χ4n) is 3.92. The summed E-state index contributed by atoms with van der Waals surface area (Å²) in [6.45, 7) is 2.17. The van der Waals surface area contributed by atoms with Crippen molar-refractivity contribution in [2.75, 3.05) is 17.8 Å². The molecule has 1 N–H and O–H groups in total. The molecule has 0 atom stereocenters. The van der Waals surface area contributed by atoms with Crippen LogP contribution in [0.15, 0.2) is 65.6 Å². The van der Waals surface area contributed by atoms with Crippen molar-refractivity contribution in [1.82, 2.24) is 4.90 Å². The molecule has 1 aliphatic heterocycles. The minimum Gasteiger partial charge on any atom is -0.299 e. The van der Waals surface area contributed by atoms with Gasteiger partial charge in [0.25, 0.3) is 10.0 Å². The molecule has 2 aliphatic rings. The standard InChI is InChI=1S/C24H21F3N2O4S/c25-24(26,27)18-5-8-20(9-6-18)34(32,33)28-22-13-16(21-14-19(30)7-10-23(21)31)3-4-17(22)15-29-11-1-2-12-29/h3-10,13-14,28H,1-2,11-12,15H2. The fourth-order valence-corrected chi connectivity index (χ4v) is 5.01. The second-order valence-corrected chi connectivity index (χ2v) is 9.82. The highest BCUT2D eigenvalue weighted by Gasteiger charge is 2.31. The van der Waals surface area contributed by atoms with Crippen LogP contribution in [0.3, 0.4) is 0 Å². The zero-order chi connectivity index (χ0) is 24.5. The van der Waals surface area contributed by atoms with Crippen molar-refractivity contribution in [3.63, 3.8) is 0 Å². The number of benzene rings is 2. The molecule has 10 heteroatoms. The van der Waals surface area contributed by atoms with Gasteiger partial charge in [0.15, 0.2) is 11.6 Å². The molecule has 4 rings (SSSR count). The topological polar surface area (TPSA) is 83.6 Å². The molecule has 178 valence electrons. The molecule has 0 bridgehead atoms. The third-order valence-corrected chi connectivity index (χ3v) is 7.08. The zero-order valence-corrected chi connectivity index (χ0v) is 18.7. The van der Waals surface area contributed by atoms with Crippen LogP contribution in [-0.4, -0.2) is 38.0 Å². The molecule has 1 saturated heterocycles. The molecule has 2 aromatic rings. The molecule has 0 amide bonds. The monoisotopic (exact) mass is 490 g/mol. The Bertz CT molecular complexity index is 1290. The molecule has 0 unspecified atom stereocenters. The van der Waals surface area contributed by atoms with Gasteiger partial charge in [-0.2, -0.15) is 13.2 Å². The van der Waals surface area contributed by atoms with Gasteiger partial charge in [0.1, 0.15) is 0 Å². The summed E-state index contributed by atoms with van der Waals surface area (Å²) in [5.41, 5.74) is 0.378. The number of sulfonamides is 1. The number of alkyl halides is 3. The number of hydrogen-bond acceptors (Lipinski definition) is 5. The number of rotatable bonds is 6. The maximum Gasteiger partial charge on any atom is 0.416 e. The molecule has 0 saturated carbocycles. The second-order valence-electron chi connectivity index (χ2n) is 8.14. The van der Waals surface area contributed by atoms with E-state index in [1.54, 1.807) is 12.1 Å². The molecular formula is C24H21F3N2O4S. The van der Waals surface area contributed by atoms with E-state index in [1.165, 1.54) is 12.1 Å². The average molecular weight is 491 g/mol. The van der Waals surface area contributed by atoms with Crippen molar-refractivity contribution < 1.29 is 31.2 Å². The highest BCUT2D eigenvalue weighted by molar-refractivity contribution is 7.92. The molecule has 1 fully saturated rings. The Morgan fingerprint density at radius 3 is 2.26 bits per heavy atom. The first-order chi connectivity index (χ1) is 16.0. The Morgan fingerprint density at radius 2 is 1.62 bits per heavy atom. The van der Waals surface area contributed by atoms with E-state index in [9.17, 15) is 31.2 Å². The highest BCUT2D eigenvalue weighted by atomic mass is 32.2. The molecule has 1 aliphatic carbocycles. The third-order valence-electron chi connectivity index (χ3n) is 5.70. The van der Waals surface area contributed by atoms with E-state index in [2.05, 4.69) is 9.62 Å². The van der Waals surface area contributed by atoms with Gasteiger partial charge in [-0.1, -0.05) is 12.1 Å². The van der Waals surface area contributed by atoms with Gasteiger partial charge in [0.05, 0.1) is 16.1 Å². The molecule has 34 heavy (non-hydrogen) atoms. The lowest BCUT2D eigenvalue weighted by Gasteiger charge is -2.20. The molecule has 2 aromatic carbocycles. The van der Waals surface area contributed by atoms with Gasteiger partial charge in [-0.3, -0.25) is 19.2 Å². The zero-order valence-electron chi connectivity index (χ0n) is 17.9. The van der Waals surface area contributed by atoms with Gasteiger partial charge in [-0.05, 0) is 85.6 Å². The van der Waals surface area contributed by atoms with E-state index in [-0.39, 0.29) is 27.7 Å². The van der Waals surface area contributed by atoms with Crippen molar-refractivity contribution in [3.05, 3.63) is 77.4 Å². The number of nitrogens with zero attached hydrogens (tertiary/aromatic N) is 1. The fraction of sp³-hybridized carbons (Fsp3) is 0.250. The smallest absolute Gasteiger partial charge is 0.299 e. The van der Waals surface area contributed by atoms with Crippen molar-refractivity contribution in [2.45, 2.75) is 30.5 Å². The molecule has 6 nitrogen and oxygen atoms in total. The first-order valence-electron chi connectivity index (χ1n) is 10.6. The van der Waals surface area contributed by atoms with Crippen molar-refractivity contribution in [1.29, 1.82) is 0 Å². The summed E-state index contributed by atoms with van der Waals surface area (Å²) in [4.78, 5) is 25.9. The largest absolute Gasteiger partial charge is 0.416 e.